The second kappa shape index (κ2) is 9.50. The van der Waals surface area contributed by atoms with Crippen molar-refractivity contribution in [3.63, 3.8) is 0 Å². The average Bonchev–Trinajstić information content (AvgIpc) is 3.36. The zero-order valence-corrected chi connectivity index (χ0v) is 20.3. The fourth-order valence-corrected chi connectivity index (χ4v) is 5.78. The number of hydrogen-bond acceptors (Lipinski definition) is 5. The van der Waals surface area contributed by atoms with Crippen molar-refractivity contribution in [2.24, 2.45) is 4.99 Å². The maximum absolute atomic E-state index is 13.6. The minimum Gasteiger partial charge on any atom is -0.338 e. The molecular weight excluding hydrogens is 462 g/mol. The number of nitrogens with zero attached hydrogens (tertiary/aromatic N) is 2. The van der Waals surface area contributed by atoms with E-state index in [9.17, 15) is 14.4 Å². The van der Waals surface area contributed by atoms with Gasteiger partial charge in [-0.2, -0.15) is 0 Å². The highest BCUT2D eigenvalue weighted by atomic mass is 32.1. The second-order valence-electron chi connectivity index (χ2n) is 8.79. The Hall–Kier alpha value is -3.72. The molecule has 3 heterocycles. The van der Waals surface area contributed by atoms with Crippen molar-refractivity contribution in [2.45, 2.75) is 31.7 Å². The Kier molecular flexibility index (Phi) is 6.25. The van der Waals surface area contributed by atoms with Gasteiger partial charge in [-0.25, -0.2) is 4.79 Å². The van der Waals surface area contributed by atoms with Gasteiger partial charge in [0.25, 0.3) is 11.8 Å². The van der Waals surface area contributed by atoms with Gasteiger partial charge in [0.15, 0.2) is 0 Å². The maximum Gasteiger partial charge on any atom is 0.319 e. The molecule has 0 atom stereocenters. The van der Waals surface area contributed by atoms with Crippen molar-refractivity contribution < 1.29 is 14.4 Å². The van der Waals surface area contributed by atoms with Crippen molar-refractivity contribution in [3.05, 3.63) is 65.7 Å². The van der Waals surface area contributed by atoms with Crippen LogP contribution in [0.25, 0.3) is 10.1 Å². The third kappa shape index (κ3) is 4.51. The Labute approximate surface area is 207 Å². The van der Waals surface area contributed by atoms with Gasteiger partial charge in [-0.3, -0.25) is 19.9 Å². The van der Waals surface area contributed by atoms with Crippen LogP contribution in [0.4, 0.5) is 9.80 Å². The molecular formula is C26H27N5O3S. The average molecular weight is 490 g/mol. The van der Waals surface area contributed by atoms with E-state index in [-0.39, 0.29) is 17.8 Å². The van der Waals surface area contributed by atoms with Crippen molar-refractivity contribution >= 4 is 50.1 Å². The van der Waals surface area contributed by atoms with Gasteiger partial charge in [-0.1, -0.05) is 48.5 Å². The molecule has 4 amide bonds. The Morgan fingerprint density at radius 1 is 1.09 bits per heavy atom. The maximum atomic E-state index is 13.6. The molecule has 8 nitrogen and oxygen atoms in total. The van der Waals surface area contributed by atoms with Gasteiger partial charge >= 0.3 is 6.03 Å². The molecule has 35 heavy (non-hydrogen) atoms. The topological polar surface area (TPSA) is 103 Å². The van der Waals surface area contributed by atoms with Crippen LogP contribution in [0.3, 0.4) is 0 Å². The molecule has 180 valence electrons. The fourth-order valence-electron chi connectivity index (χ4n) is 4.69. The third-order valence-electron chi connectivity index (χ3n) is 6.50. The molecule has 2 aromatic carbocycles. The van der Waals surface area contributed by atoms with Crippen molar-refractivity contribution in [1.29, 1.82) is 0 Å². The number of carbonyl (C=O) groups excluding carboxylic acids is 3. The largest absolute Gasteiger partial charge is 0.338 e. The fraction of sp³-hybridized carbons (Fsp3) is 0.308. The molecule has 1 aromatic heterocycles. The molecule has 0 bridgehead atoms. The van der Waals surface area contributed by atoms with Crippen LogP contribution in [0.5, 0.6) is 0 Å². The van der Waals surface area contributed by atoms with E-state index in [0.717, 1.165) is 15.6 Å². The monoisotopic (exact) mass is 489 g/mol. The van der Waals surface area contributed by atoms with E-state index in [4.69, 9.17) is 4.99 Å². The van der Waals surface area contributed by atoms with E-state index < -0.39 is 5.54 Å². The summed E-state index contributed by atoms with van der Waals surface area (Å²) in [5, 5.41) is 9.86. The number of benzene rings is 2. The number of carbonyl (C=O) groups is 3. The summed E-state index contributed by atoms with van der Waals surface area (Å²) >= 11 is 1.39. The lowest BCUT2D eigenvalue weighted by molar-refractivity contribution is -0.125. The molecule has 0 saturated carbocycles. The number of nitrogens with one attached hydrogen (secondary N) is 3. The predicted octanol–water partition coefficient (Wildman–Crippen LogP) is 3.79. The summed E-state index contributed by atoms with van der Waals surface area (Å²) in [4.78, 5) is 45.3. The van der Waals surface area contributed by atoms with E-state index in [2.05, 4.69) is 16.0 Å². The Bertz CT molecular complexity index is 1310. The van der Waals surface area contributed by atoms with E-state index in [1.54, 1.807) is 4.90 Å². The number of anilines is 1. The van der Waals surface area contributed by atoms with E-state index in [0.29, 0.717) is 55.3 Å². The van der Waals surface area contributed by atoms with Crippen LogP contribution in [0.1, 0.15) is 35.7 Å². The van der Waals surface area contributed by atoms with Crippen LogP contribution in [0.2, 0.25) is 0 Å². The van der Waals surface area contributed by atoms with Crippen molar-refractivity contribution in [1.82, 2.24) is 15.5 Å². The van der Waals surface area contributed by atoms with Crippen molar-refractivity contribution in [2.75, 3.05) is 25.0 Å². The molecule has 9 heteroatoms. The highest BCUT2D eigenvalue weighted by molar-refractivity contribution is 7.23. The molecule has 2 aliphatic heterocycles. The molecule has 3 aromatic rings. The van der Waals surface area contributed by atoms with Crippen LogP contribution in [-0.4, -0.2) is 53.8 Å². The first-order chi connectivity index (χ1) is 17.0. The zero-order valence-electron chi connectivity index (χ0n) is 19.5. The molecule has 1 saturated heterocycles. The van der Waals surface area contributed by atoms with Gasteiger partial charge in [0.2, 0.25) is 0 Å². The molecule has 5 rings (SSSR count). The van der Waals surface area contributed by atoms with E-state index in [1.807, 2.05) is 61.5 Å². The first-order valence-corrected chi connectivity index (χ1v) is 12.6. The summed E-state index contributed by atoms with van der Waals surface area (Å²) in [6.07, 6.45) is 1.50. The summed E-state index contributed by atoms with van der Waals surface area (Å²) in [6, 6.07) is 17.2. The molecule has 1 spiro atoms. The third-order valence-corrected chi connectivity index (χ3v) is 7.58. The predicted molar refractivity (Wildman–Crippen MR) is 138 cm³/mol. The van der Waals surface area contributed by atoms with Gasteiger partial charge < -0.3 is 15.5 Å². The number of urea groups is 1. The van der Waals surface area contributed by atoms with Crippen LogP contribution in [0.15, 0.2) is 59.6 Å². The minimum atomic E-state index is -0.820. The summed E-state index contributed by atoms with van der Waals surface area (Å²) < 4.78 is 0.932. The zero-order chi connectivity index (χ0) is 24.4. The van der Waals surface area contributed by atoms with Gasteiger partial charge in [0.1, 0.15) is 16.4 Å². The van der Waals surface area contributed by atoms with Crippen molar-refractivity contribution in [3.8, 4) is 0 Å². The summed E-state index contributed by atoms with van der Waals surface area (Å²) in [7, 11) is 0. The SMILES string of the molecule is CCNC(=O)Nc1sc2ccccc2c1C(=O)N1CCC2(CC1)N=C(Cc1ccccc1)NC2=O. The van der Waals surface area contributed by atoms with Gasteiger partial charge in [0, 0.05) is 36.1 Å². The molecule has 2 aliphatic rings. The van der Waals surface area contributed by atoms with E-state index in [1.165, 1.54) is 11.3 Å². The van der Waals surface area contributed by atoms with Crippen LogP contribution in [-0.2, 0) is 11.2 Å². The van der Waals surface area contributed by atoms with E-state index >= 15 is 0 Å². The Balaban J connectivity index is 1.34. The number of piperidine rings is 1. The number of aliphatic imine (C=N–C) groups is 1. The van der Waals surface area contributed by atoms with Crippen LogP contribution in [0, 0.1) is 0 Å². The second-order valence-corrected chi connectivity index (χ2v) is 9.84. The smallest absolute Gasteiger partial charge is 0.319 e. The lowest BCUT2D eigenvalue weighted by Crippen LogP contribution is -2.50. The summed E-state index contributed by atoms with van der Waals surface area (Å²) in [6.45, 7) is 3.16. The summed E-state index contributed by atoms with van der Waals surface area (Å²) in [5.41, 5.74) is 0.768. The number of likely N-dealkylation sites (tertiary alicyclic amines) is 1. The number of amides is 4. The van der Waals surface area contributed by atoms with Gasteiger partial charge in [-0.05, 0) is 31.4 Å². The Morgan fingerprint density at radius 3 is 2.54 bits per heavy atom. The molecule has 1 fully saturated rings. The minimum absolute atomic E-state index is 0.0879. The molecule has 3 N–H and O–H groups in total. The number of hydrogen-bond donors (Lipinski definition) is 3. The molecule has 0 unspecified atom stereocenters. The molecule has 0 aliphatic carbocycles. The normalized spacial score (nSPS) is 16.8. The lowest BCUT2D eigenvalue weighted by atomic mass is 9.87. The highest BCUT2D eigenvalue weighted by Crippen LogP contribution is 2.38. The number of amidine groups is 1. The first kappa shape index (κ1) is 23.0. The molecule has 0 radical (unpaired) electrons. The lowest BCUT2D eigenvalue weighted by Gasteiger charge is -2.35. The first-order valence-electron chi connectivity index (χ1n) is 11.8. The highest BCUT2D eigenvalue weighted by Gasteiger charge is 2.46. The quantitative estimate of drug-likeness (QED) is 0.508. The number of thiophene rings is 1. The summed E-state index contributed by atoms with van der Waals surface area (Å²) in [5.74, 6) is 0.448. The van der Waals surface area contributed by atoms with Crippen LogP contribution >= 0.6 is 11.3 Å². The standard InChI is InChI=1S/C26H27N5O3S/c1-2-27-25(34)29-22-21(18-10-6-7-11-19(18)35-22)23(32)31-14-12-26(13-15-31)24(33)28-20(30-26)16-17-8-4-3-5-9-17/h3-11H,2,12-16H2,1H3,(H2,27,29,34)(H,28,30,33). The van der Waals surface area contributed by atoms with Crippen LogP contribution < -0.4 is 16.0 Å². The number of fused-ring (bicyclic) bond motifs is 1. The van der Waals surface area contributed by atoms with Gasteiger partial charge in [0.05, 0.1) is 5.56 Å². The Morgan fingerprint density at radius 2 is 1.80 bits per heavy atom. The van der Waals surface area contributed by atoms with Gasteiger partial charge in [-0.15, -0.1) is 11.3 Å². The number of rotatable bonds is 5.